The van der Waals surface area contributed by atoms with E-state index in [1.165, 1.54) is 12.1 Å². The van der Waals surface area contributed by atoms with Crippen molar-refractivity contribution in [3.8, 4) is 0 Å². The number of amides is 1. The molecule has 0 radical (unpaired) electrons. The lowest BCUT2D eigenvalue weighted by atomic mass is 10.1. The minimum atomic E-state index is -0.497. The number of hydrogen-bond acceptors (Lipinski definition) is 3. The summed E-state index contributed by atoms with van der Waals surface area (Å²) in [7, 11) is 1.62. The molecule has 3 N–H and O–H groups in total. The van der Waals surface area contributed by atoms with Gasteiger partial charge in [0.2, 0.25) is 5.91 Å². The minimum absolute atomic E-state index is 0.154. The lowest BCUT2D eigenvalue weighted by Crippen LogP contribution is -2.41. The molecule has 1 amide bonds. The van der Waals surface area contributed by atoms with Crippen molar-refractivity contribution in [2.75, 3.05) is 20.3 Å². The highest BCUT2D eigenvalue weighted by Crippen LogP contribution is 2.03. The van der Waals surface area contributed by atoms with E-state index in [1.807, 2.05) is 0 Å². The van der Waals surface area contributed by atoms with Crippen molar-refractivity contribution in [2.24, 2.45) is 5.73 Å². The van der Waals surface area contributed by atoms with Crippen LogP contribution in [0.25, 0.3) is 0 Å². The Bertz CT molecular complexity index is 382. The molecule has 1 aromatic rings. The standard InChI is InChI=1S/C14H21FN2O2/c1-19-10-2-3-13(16)14(18)17-9-8-11-4-6-12(15)7-5-11/h4-7,13H,2-3,8-10,16H2,1H3,(H,17,18). The first kappa shape index (κ1) is 15.6. The van der Waals surface area contributed by atoms with E-state index in [0.29, 0.717) is 26.0 Å². The number of nitrogens with two attached hydrogens (primary N) is 1. The normalized spacial score (nSPS) is 12.2. The number of carbonyl (C=O) groups excluding carboxylic acids is 1. The minimum Gasteiger partial charge on any atom is -0.385 e. The summed E-state index contributed by atoms with van der Waals surface area (Å²) in [6, 6.07) is 5.74. The van der Waals surface area contributed by atoms with Gasteiger partial charge in [-0.05, 0) is 37.0 Å². The highest BCUT2D eigenvalue weighted by atomic mass is 19.1. The number of ether oxygens (including phenoxy) is 1. The second-order valence-electron chi connectivity index (χ2n) is 4.41. The molecule has 0 aliphatic rings. The van der Waals surface area contributed by atoms with Gasteiger partial charge in [-0.3, -0.25) is 4.79 Å². The topological polar surface area (TPSA) is 64.3 Å². The molecule has 1 rings (SSSR count). The number of halogens is 1. The summed E-state index contributed by atoms with van der Waals surface area (Å²) in [5.74, 6) is -0.411. The third-order valence-electron chi connectivity index (χ3n) is 2.83. The van der Waals surface area contributed by atoms with Crippen LogP contribution in [-0.4, -0.2) is 32.2 Å². The van der Waals surface area contributed by atoms with Crippen molar-refractivity contribution < 1.29 is 13.9 Å². The first-order chi connectivity index (χ1) is 9.13. The van der Waals surface area contributed by atoms with Crippen molar-refractivity contribution in [2.45, 2.75) is 25.3 Å². The predicted octanol–water partition coefficient (Wildman–Crippen LogP) is 1.24. The first-order valence-electron chi connectivity index (χ1n) is 6.40. The number of carbonyl (C=O) groups is 1. The Hall–Kier alpha value is -1.46. The Balaban J connectivity index is 2.21. The van der Waals surface area contributed by atoms with Gasteiger partial charge < -0.3 is 15.8 Å². The Morgan fingerprint density at radius 1 is 1.42 bits per heavy atom. The van der Waals surface area contributed by atoms with Crippen LogP contribution in [-0.2, 0) is 16.0 Å². The summed E-state index contributed by atoms with van der Waals surface area (Å²) in [5.41, 5.74) is 6.72. The molecule has 0 saturated heterocycles. The molecule has 5 heteroatoms. The highest BCUT2D eigenvalue weighted by molar-refractivity contribution is 5.81. The summed E-state index contributed by atoms with van der Waals surface area (Å²) in [6.45, 7) is 1.11. The summed E-state index contributed by atoms with van der Waals surface area (Å²) >= 11 is 0. The molecule has 0 bridgehead atoms. The summed E-state index contributed by atoms with van der Waals surface area (Å²) in [4.78, 5) is 11.6. The molecule has 1 unspecified atom stereocenters. The molecule has 4 nitrogen and oxygen atoms in total. The molecular weight excluding hydrogens is 247 g/mol. The fourth-order valence-corrected chi connectivity index (χ4v) is 1.69. The van der Waals surface area contributed by atoms with Crippen molar-refractivity contribution in [1.82, 2.24) is 5.32 Å². The SMILES string of the molecule is COCCCC(N)C(=O)NCCc1ccc(F)cc1. The smallest absolute Gasteiger partial charge is 0.236 e. The van der Waals surface area contributed by atoms with Crippen LogP contribution in [0.1, 0.15) is 18.4 Å². The van der Waals surface area contributed by atoms with E-state index in [9.17, 15) is 9.18 Å². The van der Waals surface area contributed by atoms with E-state index < -0.39 is 6.04 Å². The van der Waals surface area contributed by atoms with Crippen LogP contribution < -0.4 is 11.1 Å². The van der Waals surface area contributed by atoms with Crippen molar-refractivity contribution in [3.63, 3.8) is 0 Å². The largest absolute Gasteiger partial charge is 0.385 e. The second kappa shape index (κ2) is 8.61. The average Bonchev–Trinajstić information content (AvgIpc) is 2.41. The summed E-state index contributed by atoms with van der Waals surface area (Å²) in [5, 5.41) is 2.77. The maximum Gasteiger partial charge on any atom is 0.236 e. The highest BCUT2D eigenvalue weighted by Gasteiger charge is 2.11. The predicted molar refractivity (Wildman–Crippen MR) is 72.2 cm³/mol. The molecule has 0 aliphatic heterocycles. The van der Waals surface area contributed by atoms with Gasteiger partial charge in [-0.25, -0.2) is 4.39 Å². The zero-order valence-corrected chi connectivity index (χ0v) is 11.2. The molecule has 0 heterocycles. The van der Waals surface area contributed by atoms with Crippen LogP contribution in [0.15, 0.2) is 24.3 Å². The van der Waals surface area contributed by atoms with Gasteiger partial charge in [0.25, 0.3) is 0 Å². The third kappa shape index (κ3) is 6.31. The number of hydrogen-bond donors (Lipinski definition) is 2. The molecule has 1 aromatic carbocycles. The molecule has 0 saturated carbocycles. The summed E-state index contributed by atoms with van der Waals surface area (Å²) in [6.07, 6.45) is 2.04. The van der Waals surface area contributed by atoms with Gasteiger partial charge >= 0.3 is 0 Å². The van der Waals surface area contributed by atoms with Crippen LogP contribution in [0.5, 0.6) is 0 Å². The van der Waals surface area contributed by atoms with Crippen LogP contribution in [0.3, 0.4) is 0 Å². The quantitative estimate of drug-likeness (QED) is 0.697. The maximum atomic E-state index is 12.7. The Morgan fingerprint density at radius 3 is 2.74 bits per heavy atom. The van der Waals surface area contributed by atoms with E-state index in [0.717, 1.165) is 12.0 Å². The number of nitrogens with one attached hydrogen (secondary N) is 1. The van der Waals surface area contributed by atoms with Crippen LogP contribution >= 0.6 is 0 Å². The van der Waals surface area contributed by atoms with Gasteiger partial charge in [0.1, 0.15) is 5.82 Å². The van der Waals surface area contributed by atoms with Gasteiger partial charge in [0, 0.05) is 20.3 Å². The Morgan fingerprint density at radius 2 is 2.11 bits per heavy atom. The van der Waals surface area contributed by atoms with E-state index in [-0.39, 0.29) is 11.7 Å². The van der Waals surface area contributed by atoms with Crippen LogP contribution in [0, 0.1) is 5.82 Å². The van der Waals surface area contributed by atoms with Crippen molar-refractivity contribution in [3.05, 3.63) is 35.6 Å². The van der Waals surface area contributed by atoms with Gasteiger partial charge in [0.15, 0.2) is 0 Å². The lowest BCUT2D eigenvalue weighted by molar-refractivity contribution is -0.122. The van der Waals surface area contributed by atoms with E-state index in [4.69, 9.17) is 10.5 Å². The van der Waals surface area contributed by atoms with Crippen LogP contribution in [0.4, 0.5) is 4.39 Å². The van der Waals surface area contributed by atoms with E-state index >= 15 is 0 Å². The molecule has 1 atom stereocenters. The zero-order chi connectivity index (χ0) is 14.1. The molecule has 0 spiro atoms. The molecule has 0 aliphatic carbocycles. The average molecular weight is 268 g/mol. The van der Waals surface area contributed by atoms with Crippen molar-refractivity contribution >= 4 is 5.91 Å². The van der Waals surface area contributed by atoms with E-state index in [1.54, 1.807) is 19.2 Å². The fourth-order valence-electron chi connectivity index (χ4n) is 1.69. The molecule has 106 valence electrons. The molecule has 0 fully saturated rings. The molecule has 0 aromatic heterocycles. The molecular formula is C14H21FN2O2. The fraction of sp³-hybridized carbons (Fsp3) is 0.500. The van der Waals surface area contributed by atoms with Gasteiger partial charge in [-0.2, -0.15) is 0 Å². The lowest BCUT2D eigenvalue weighted by Gasteiger charge is -2.11. The third-order valence-corrected chi connectivity index (χ3v) is 2.83. The summed E-state index contributed by atoms with van der Waals surface area (Å²) < 4.78 is 17.6. The number of rotatable bonds is 8. The van der Waals surface area contributed by atoms with Gasteiger partial charge in [-0.15, -0.1) is 0 Å². The zero-order valence-electron chi connectivity index (χ0n) is 11.2. The van der Waals surface area contributed by atoms with Crippen molar-refractivity contribution in [1.29, 1.82) is 0 Å². The number of benzene rings is 1. The van der Waals surface area contributed by atoms with E-state index in [2.05, 4.69) is 5.32 Å². The van der Waals surface area contributed by atoms with Gasteiger partial charge in [-0.1, -0.05) is 12.1 Å². The monoisotopic (exact) mass is 268 g/mol. The Labute approximate surface area is 113 Å². The van der Waals surface area contributed by atoms with Crippen LogP contribution in [0.2, 0.25) is 0 Å². The number of methoxy groups -OCH3 is 1. The van der Waals surface area contributed by atoms with Gasteiger partial charge in [0.05, 0.1) is 6.04 Å². The second-order valence-corrected chi connectivity index (χ2v) is 4.41. The Kier molecular flexibility index (Phi) is 7.07. The molecule has 19 heavy (non-hydrogen) atoms. The maximum absolute atomic E-state index is 12.7. The first-order valence-corrected chi connectivity index (χ1v) is 6.40.